The quantitative estimate of drug-likeness (QED) is 0.436. The van der Waals surface area contributed by atoms with E-state index in [9.17, 15) is 13.2 Å². The summed E-state index contributed by atoms with van der Waals surface area (Å²) in [6, 6.07) is 9.40. The fraction of sp³-hybridized carbons (Fsp3) is 0.467. The van der Waals surface area contributed by atoms with Gasteiger partial charge in [0.25, 0.3) is 15.9 Å². The summed E-state index contributed by atoms with van der Waals surface area (Å²) in [5, 5.41) is 4.22. The third-order valence-electron chi connectivity index (χ3n) is 9.25. The van der Waals surface area contributed by atoms with Crippen LogP contribution >= 0.6 is 0 Å². The van der Waals surface area contributed by atoms with Gasteiger partial charge < -0.3 is 28.5 Å². The first kappa shape index (κ1) is 27.1. The number of hydrogen-bond donors (Lipinski definition) is 1. The topological polar surface area (TPSA) is 123 Å². The number of aromatic nitrogens is 1. The lowest BCUT2D eigenvalue weighted by Crippen LogP contribution is -2.40. The first-order valence-electron chi connectivity index (χ1n) is 14.3. The average Bonchev–Trinajstić information content (AvgIpc) is 3.44. The van der Waals surface area contributed by atoms with Crippen molar-refractivity contribution in [2.24, 2.45) is 5.92 Å². The molecule has 12 heteroatoms. The number of morpholine rings is 1. The summed E-state index contributed by atoms with van der Waals surface area (Å²) in [5.41, 5.74) is 4.29. The lowest BCUT2D eigenvalue weighted by Gasteiger charge is -2.34. The molecule has 1 aromatic heterocycles. The molecular formula is C30H34N4O7S. The molecule has 2 aromatic carbocycles. The Morgan fingerprint density at radius 3 is 2.36 bits per heavy atom. The molecule has 1 N–H and O–H groups in total. The molecule has 0 bridgehead atoms. The maximum absolute atomic E-state index is 13.9. The molecule has 3 heterocycles. The summed E-state index contributed by atoms with van der Waals surface area (Å²) in [6.45, 7) is 6.07. The number of benzene rings is 2. The zero-order valence-corrected chi connectivity index (χ0v) is 24.8. The highest BCUT2D eigenvalue weighted by molar-refractivity contribution is 7.93. The Morgan fingerprint density at radius 1 is 1.07 bits per heavy atom. The largest absolute Gasteiger partial charge is 0.495 e. The van der Waals surface area contributed by atoms with Gasteiger partial charge in [-0.2, -0.15) is 0 Å². The number of sulfonamides is 1. The van der Waals surface area contributed by atoms with Gasteiger partial charge >= 0.3 is 0 Å². The second-order valence-corrected chi connectivity index (χ2v) is 13.2. The summed E-state index contributed by atoms with van der Waals surface area (Å²) < 4.78 is 52.7. The monoisotopic (exact) mass is 594 g/mol. The van der Waals surface area contributed by atoms with E-state index in [1.807, 2.05) is 0 Å². The van der Waals surface area contributed by atoms with Crippen molar-refractivity contribution in [2.75, 3.05) is 63.2 Å². The number of rotatable bonds is 7. The Labute approximate surface area is 244 Å². The molecule has 1 amide bonds. The lowest BCUT2D eigenvalue weighted by atomic mass is 9.77. The van der Waals surface area contributed by atoms with Crippen LogP contribution in [0, 0.1) is 5.92 Å². The Morgan fingerprint density at radius 2 is 1.76 bits per heavy atom. The SMILES string of the molecule is COc1cc(C(=O)N2CCOCC2)cc(OC)c1S(=O)(=O)Nc1noc2c1C[C@@]1(C[C@@H]1C)c1ccc(N3CCC3)cc1-2. The molecule has 2 aliphatic carbocycles. The lowest BCUT2D eigenvalue weighted by molar-refractivity contribution is 0.0302. The molecule has 222 valence electrons. The second kappa shape index (κ2) is 9.91. The van der Waals surface area contributed by atoms with Crippen LogP contribution in [0.5, 0.6) is 11.5 Å². The number of nitrogens with one attached hydrogen (secondary N) is 1. The number of amides is 1. The van der Waals surface area contributed by atoms with Gasteiger partial charge in [-0.25, -0.2) is 8.42 Å². The first-order chi connectivity index (χ1) is 20.3. The number of fused-ring (bicyclic) bond motifs is 4. The van der Waals surface area contributed by atoms with Crippen LogP contribution in [0.4, 0.5) is 11.5 Å². The minimum absolute atomic E-state index is 0.00681. The molecule has 11 nitrogen and oxygen atoms in total. The number of methoxy groups -OCH3 is 2. The van der Waals surface area contributed by atoms with Crippen molar-refractivity contribution in [1.82, 2.24) is 10.1 Å². The number of anilines is 2. The molecule has 3 fully saturated rings. The van der Waals surface area contributed by atoms with E-state index in [4.69, 9.17) is 18.7 Å². The van der Waals surface area contributed by atoms with Crippen molar-refractivity contribution in [2.45, 2.75) is 36.5 Å². The van der Waals surface area contributed by atoms with Gasteiger partial charge in [0.15, 0.2) is 16.5 Å². The van der Waals surface area contributed by atoms with Gasteiger partial charge in [-0.1, -0.05) is 18.1 Å². The van der Waals surface area contributed by atoms with Crippen molar-refractivity contribution in [3.63, 3.8) is 0 Å². The molecule has 0 unspecified atom stereocenters. The van der Waals surface area contributed by atoms with Crippen LogP contribution in [0.1, 0.15) is 41.3 Å². The van der Waals surface area contributed by atoms with Gasteiger partial charge in [0, 0.05) is 54.0 Å². The van der Waals surface area contributed by atoms with Gasteiger partial charge in [-0.3, -0.25) is 9.52 Å². The molecule has 2 aliphatic heterocycles. The van der Waals surface area contributed by atoms with Crippen LogP contribution in [-0.2, 0) is 26.6 Å². The molecule has 7 rings (SSSR count). The zero-order chi connectivity index (χ0) is 29.2. The van der Waals surface area contributed by atoms with Gasteiger partial charge in [0.2, 0.25) is 0 Å². The molecule has 42 heavy (non-hydrogen) atoms. The van der Waals surface area contributed by atoms with E-state index in [1.54, 1.807) is 4.90 Å². The number of ether oxygens (including phenoxy) is 3. The number of nitrogens with zero attached hydrogens (tertiary/aromatic N) is 3. The maximum atomic E-state index is 13.9. The highest BCUT2D eigenvalue weighted by atomic mass is 32.2. The van der Waals surface area contributed by atoms with Crippen LogP contribution in [0.15, 0.2) is 39.8 Å². The molecule has 2 saturated heterocycles. The minimum Gasteiger partial charge on any atom is -0.495 e. The van der Waals surface area contributed by atoms with E-state index in [1.165, 1.54) is 38.3 Å². The average molecular weight is 595 g/mol. The van der Waals surface area contributed by atoms with Crippen molar-refractivity contribution in [3.05, 3.63) is 47.0 Å². The van der Waals surface area contributed by atoms with Crippen molar-refractivity contribution >= 4 is 27.4 Å². The van der Waals surface area contributed by atoms with E-state index >= 15 is 0 Å². The summed E-state index contributed by atoms with van der Waals surface area (Å²) >= 11 is 0. The van der Waals surface area contributed by atoms with Crippen LogP contribution in [0.3, 0.4) is 0 Å². The van der Waals surface area contributed by atoms with E-state index in [0.29, 0.717) is 44.4 Å². The van der Waals surface area contributed by atoms with Crippen LogP contribution < -0.4 is 19.1 Å². The number of hydrogen-bond acceptors (Lipinski definition) is 9. The Kier molecular flexibility index (Phi) is 6.39. The minimum atomic E-state index is -4.27. The van der Waals surface area contributed by atoms with E-state index < -0.39 is 10.0 Å². The van der Waals surface area contributed by atoms with E-state index in [-0.39, 0.29) is 39.1 Å². The summed E-state index contributed by atoms with van der Waals surface area (Å²) in [7, 11) is -1.55. The van der Waals surface area contributed by atoms with Crippen LogP contribution in [0.2, 0.25) is 0 Å². The van der Waals surface area contributed by atoms with Gasteiger partial charge in [0.1, 0.15) is 11.5 Å². The van der Waals surface area contributed by atoms with E-state index in [2.05, 4.69) is 39.9 Å². The molecule has 3 aromatic rings. The summed E-state index contributed by atoms with van der Waals surface area (Å²) in [6.07, 6.45) is 2.81. The van der Waals surface area contributed by atoms with E-state index in [0.717, 1.165) is 36.3 Å². The van der Waals surface area contributed by atoms with Gasteiger partial charge in [-0.05, 0) is 55.0 Å². The molecule has 1 saturated carbocycles. The zero-order valence-electron chi connectivity index (χ0n) is 23.9. The molecule has 0 radical (unpaired) electrons. The molecule has 1 spiro atoms. The Hall–Kier alpha value is -3.77. The predicted molar refractivity (Wildman–Crippen MR) is 155 cm³/mol. The fourth-order valence-corrected chi connectivity index (χ4v) is 7.94. The summed E-state index contributed by atoms with van der Waals surface area (Å²) in [4.78, 5) is 16.9. The molecule has 4 aliphatic rings. The smallest absolute Gasteiger partial charge is 0.270 e. The Bertz CT molecular complexity index is 1650. The Balaban J connectivity index is 1.25. The molecule has 2 atom stereocenters. The third-order valence-corrected chi connectivity index (χ3v) is 10.6. The normalized spacial score (nSPS) is 22.7. The highest BCUT2D eigenvalue weighted by Gasteiger charge is 2.56. The van der Waals surface area contributed by atoms with Crippen molar-refractivity contribution < 1.29 is 31.9 Å². The fourth-order valence-electron chi connectivity index (χ4n) is 6.61. The summed E-state index contributed by atoms with van der Waals surface area (Å²) in [5.74, 6) is 0.939. The maximum Gasteiger partial charge on any atom is 0.270 e. The van der Waals surface area contributed by atoms with Crippen molar-refractivity contribution in [3.8, 4) is 22.8 Å². The van der Waals surface area contributed by atoms with Gasteiger partial charge in [0.05, 0.1) is 27.4 Å². The van der Waals surface area contributed by atoms with Gasteiger partial charge in [-0.15, -0.1) is 0 Å². The standard InChI is InChI=1S/C30H34N4O7S/c1-18-16-30(18)17-22-26(21-15-20(5-6-23(21)30)33-7-4-8-33)41-31-28(22)32-42(36,37)27-24(38-2)13-19(14-25(27)39-3)29(35)34-9-11-40-12-10-34/h5-6,13-15,18H,4,7-12,16-17H2,1-3H3,(H,31,32)/t18-,30+/m0/s1. The highest BCUT2D eigenvalue weighted by Crippen LogP contribution is 2.62. The van der Waals surface area contributed by atoms with Crippen molar-refractivity contribution in [1.29, 1.82) is 0 Å². The first-order valence-corrected chi connectivity index (χ1v) is 15.8. The van der Waals surface area contributed by atoms with Crippen LogP contribution in [-0.4, -0.2) is 78.0 Å². The second-order valence-electron chi connectivity index (χ2n) is 11.6. The predicted octanol–water partition coefficient (Wildman–Crippen LogP) is 3.68. The molecular weight excluding hydrogens is 560 g/mol. The number of carbonyl (C=O) groups is 1. The van der Waals surface area contributed by atoms with Crippen LogP contribution in [0.25, 0.3) is 11.3 Å². The number of carbonyl (C=O) groups excluding carboxylic acids is 1. The third kappa shape index (κ3) is 4.22.